The highest BCUT2D eigenvalue weighted by Crippen LogP contribution is 2.36. The highest BCUT2D eigenvalue weighted by Gasteiger charge is 2.27. The standard InChI is InChI=1S/C36H46N2O6/c1-7-8-18-44-34(41)26-12-17-32(30(22-26)38-33(40)23-31(39)25-10-9-11-28(37)21-25)43-20-19-42-29-15-13-27(14-16-29)36(5,6)24-35(2,3)4/h9-17,21-22H,7-8,18-20,23-24,37H2,1-6H3,(H,38,40). The first-order valence-corrected chi connectivity index (χ1v) is 15.1. The van der Waals surface area contributed by atoms with Crippen LogP contribution in [0.5, 0.6) is 11.5 Å². The van der Waals surface area contributed by atoms with E-state index in [4.69, 9.17) is 19.9 Å². The number of ketones is 1. The Hall–Kier alpha value is -4.33. The molecule has 0 aliphatic carbocycles. The largest absolute Gasteiger partial charge is 0.490 e. The fourth-order valence-electron chi connectivity index (χ4n) is 5.17. The lowest BCUT2D eigenvalue weighted by Gasteiger charge is -2.33. The van der Waals surface area contributed by atoms with Crippen molar-refractivity contribution in [2.24, 2.45) is 5.41 Å². The Morgan fingerprint density at radius 1 is 0.818 bits per heavy atom. The maximum absolute atomic E-state index is 12.9. The molecular formula is C36H46N2O6. The van der Waals surface area contributed by atoms with Gasteiger partial charge in [0.25, 0.3) is 0 Å². The first kappa shape index (κ1) is 34.2. The average molecular weight is 603 g/mol. The van der Waals surface area contributed by atoms with Gasteiger partial charge in [0, 0.05) is 11.3 Å². The molecule has 0 spiro atoms. The minimum Gasteiger partial charge on any atom is -0.490 e. The van der Waals surface area contributed by atoms with Gasteiger partial charge in [-0.1, -0.05) is 72.2 Å². The van der Waals surface area contributed by atoms with E-state index in [2.05, 4.69) is 52.1 Å². The number of ether oxygens (including phenoxy) is 3. The van der Waals surface area contributed by atoms with Gasteiger partial charge in [0.05, 0.1) is 24.3 Å². The van der Waals surface area contributed by atoms with Crippen LogP contribution in [-0.4, -0.2) is 37.5 Å². The second kappa shape index (κ2) is 15.4. The maximum Gasteiger partial charge on any atom is 0.338 e. The summed E-state index contributed by atoms with van der Waals surface area (Å²) >= 11 is 0. The molecule has 0 aliphatic rings. The zero-order valence-electron chi connectivity index (χ0n) is 26.8. The molecule has 0 bridgehead atoms. The SMILES string of the molecule is CCCCOC(=O)c1ccc(OCCOc2ccc(C(C)(C)CC(C)(C)C)cc2)c(NC(=O)CC(=O)c2cccc(N)c2)c1. The van der Waals surface area contributed by atoms with E-state index in [-0.39, 0.29) is 41.1 Å². The average Bonchev–Trinajstić information content (AvgIpc) is 2.95. The lowest BCUT2D eigenvalue weighted by Crippen LogP contribution is -2.24. The van der Waals surface area contributed by atoms with Crippen LogP contribution in [0, 0.1) is 5.41 Å². The molecule has 0 fully saturated rings. The van der Waals surface area contributed by atoms with E-state index >= 15 is 0 Å². The van der Waals surface area contributed by atoms with Crippen LogP contribution in [0.4, 0.5) is 11.4 Å². The van der Waals surface area contributed by atoms with Gasteiger partial charge in [-0.25, -0.2) is 4.79 Å². The molecule has 0 saturated heterocycles. The van der Waals surface area contributed by atoms with Gasteiger partial charge in [-0.15, -0.1) is 0 Å². The third-order valence-corrected chi connectivity index (χ3v) is 6.97. The molecule has 3 aromatic rings. The summed E-state index contributed by atoms with van der Waals surface area (Å²) in [6.45, 7) is 14.0. The van der Waals surface area contributed by atoms with E-state index in [0.717, 1.165) is 25.0 Å². The number of esters is 1. The van der Waals surface area contributed by atoms with Crippen molar-refractivity contribution < 1.29 is 28.6 Å². The van der Waals surface area contributed by atoms with Gasteiger partial charge in [0.15, 0.2) is 5.78 Å². The number of benzene rings is 3. The summed E-state index contributed by atoms with van der Waals surface area (Å²) in [5.41, 5.74) is 8.57. The predicted molar refractivity (Wildman–Crippen MR) is 175 cm³/mol. The first-order valence-electron chi connectivity index (χ1n) is 15.1. The summed E-state index contributed by atoms with van der Waals surface area (Å²) < 4.78 is 17.2. The number of hydrogen-bond acceptors (Lipinski definition) is 7. The zero-order chi connectivity index (χ0) is 32.3. The predicted octanol–water partition coefficient (Wildman–Crippen LogP) is 7.61. The van der Waals surface area contributed by atoms with Crippen LogP contribution in [0.1, 0.15) is 93.5 Å². The Kier molecular flexibility index (Phi) is 12.0. The van der Waals surface area contributed by atoms with Gasteiger partial charge in [0.2, 0.25) is 5.91 Å². The fraction of sp³-hybridized carbons (Fsp3) is 0.417. The quantitative estimate of drug-likeness (QED) is 0.0604. The number of hydrogen-bond donors (Lipinski definition) is 2. The number of Topliss-reactive ketones (excluding diaryl/α,β-unsaturated/α-hetero) is 1. The number of amides is 1. The van der Waals surface area contributed by atoms with Gasteiger partial charge in [0.1, 0.15) is 24.7 Å². The van der Waals surface area contributed by atoms with E-state index < -0.39 is 18.3 Å². The number of rotatable bonds is 15. The molecule has 236 valence electrons. The van der Waals surface area contributed by atoms with Crippen molar-refractivity contribution in [3.63, 3.8) is 0 Å². The Bertz CT molecular complexity index is 1420. The summed E-state index contributed by atoms with van der Waals surface area (Å²) in [6.07, 6.45) is 2.29. The number of carbonyl (C=O) groups is 3. The minimum absolute atomic E-state index is 0.0361. The Labute approximate surface area is 261 Å². The number of carbonyl (C=O) groups excluding carboxylic acids is 3. The summed E-state index contributed by atoms with van der Waals surface area (Å²) in [7, 11) is 0. The molecule has 0 aromatic heterocycles. The molecule has 0 aliphatic heterocycles. The van der Waals surface area contributed by atoms with Crippen molar-refractivity contribution >= 4 is 29.0 Å². The molecule has 8 heteroatoms. The zero-order valence-corrected chi connectivity index (χ0v) is 26.8. The van der Waals surface area contributed by atoms with Crippen LogP contribution in [0.25, 0.3) is 0 Å². The molecular weight excluding hydrogens is 556 g/mol. The van der Waals surface area contributed by atoms with Crippen molar-refractivity contribution in [2.75, 3.05) is 30.9 Å². The van der Waals surface area contributed by atoms with Gasteiger partial charge < -0.3 is 25.3 Å². The molecule has 0 saturated carbocycles. The third-order valence-electron chi connectivity index (χ3n) is 6.97. The van der Waals surface area contributed by atoms with Crippen LogP contribution in [0.3, 0.4) is 0 Å². The van der Waals surface area contributed by atoms with E-state index in [1.165, 1.54) is 17.7 Å². The molecule has 3 rings (SSSR count). The van der Waals surface area contributed by atoms with Gasteiger partial charge in [-0.3, -0.25) is 9.59 Å². The van der Waals surface area contributed by atoms with Crippen LogP contribution >= 0.6 is 0 Å². The Balaban J connectivity index is 1.65. The lowest BCUT2D eigenvalue weighted by molar-refractivity contribution is -0.115. The van der Waals surface area contributed by atoms with Gasteiger partial charge in [-0.05, 0) is 71.7 Å². The van der Waals surface area contributed by atoms with E-state index in [9.17, 15) is 14.4 Å². The van der Waals surface area contributed by atoms with Crippen molar-refractivity contribution in [3.05, 3.63) is 83.4 Å². The molecule has 44 heavy (non-hydrogen) atoms. The summed E-state index contributed by atoms with van der Waals surface area (Å²) in [6, 6.07) is 19.2. The van der Waals surface area contributed by atoms with Gasteiger partial charge >= 0.3 is 5.97 Å². The smallest absolute Gasteiger partial charge is 0.338 e. The summed E-state index contributed by atoms with van der Waals surface area (Å²) in [5.74, 6) is -0.377. The number of anilines is 2. The fourth-order valence-corrected chi connectivity index (χ4v) is 5.17. The molecule has 3 aromatic carbocycles. The van der Waals surface area contributed by atoms with Gasteiger partial charge in [-0.2, -0.15) is 0 Å². The number of unbranched alkanes of at least 4 members (excludes halogenated alkanes) is 1. The summed E-state index contributed by atoms with van der Waals surface area (Å²) in [5, 5.41) is 2.72. The third kappa shape index (κ3) is 10.7. The highest BCUT2D eigenvalue weighted by atomic mass is 16.5. The molecule has 0 unspecified atom stereocenters. The highest BCUT2D eigenvalue weighted by molar-refractivity contribution is 6.11. The topological polar surface area (TPSA) is 117 Å². The lowest BCUT2D eigenvalue weighted by atomic mass is 9.72. The number of nitrogen functional groups attached to an aromatic ring is 1. The van der Waals surface area contributed by atoms with Crippen LogP contribution in [-0.2, 0) is 14.9 Å². The van der Waals surface area contributed by atoms with E-state index in [1.54, 1.807) is 30.3 Å². The first-order chi connectivity index (χ1) is 20.8. The van der Waals surface area contributed by atoms with Crippen molar-refractivity contribution in [2.45, 2.75) is 72.6 Å². The minimum atomic E-state index is -0.551. The Morgan fingerprint density at radius 2 is 1.52 bits per heavy atom. The molecule has 1 amide bonds. The van der Waals surface area contributed by atoms with E-state index in [0.29, 0.717) is 23.6 Å². The van der Waals surface area contributed by atoms with Crippen molar-refractivity contribution in [3.8, 4) is 11.5 Å². The van der Waals surface area contributed by atoms with Crippen molar-refractivity contribution in [1.82, 2.24) is 0 Å². The van der Waals surface area contributed by atoms with Crippen LogP contribution < -0.4 is 20.5 Å². The molecule has 0 atom stereocenters. The second-order valence-corrected chi connectivity index (χ2v) is 12.8. The van der Waals surface area contributed by atoms with Crippen LogP contribution in [0.2, 0.25) is 0 Å². The molecule has 0 radical (unpaired) electrons. The summed E-state index contributed by atoms with van der Waals surface area (Å²) in [4.78, 5) is 38.1. The van der Waals surface area contributed by atoms with Crippen molar-refractivity contribution in [1.29, 1.82) is 0 Å². The van der Waals surface area contributed by atoms with E-state index in [1.807, 2.05) is 19.1 Å². The van der Waals surface area contributed by atoms with Crippen LogP contribution in [0.15, 0.2) is 66.7 Å². The number of nitrogens with two attached hydrogens (primary N) is 1. The maximum atomic E-state index is 12.9. The monoisotopic (exact) mass is 602 g/mol. The normalized spacial score (nSPS) is 11.5. The molecule has 3 N–H and O–H groups in total. The number of nitrogens with one attached hydrogen (secondary N) is 1. The second-order valence-electron chi connectivity index (χ2n) is 12.8. The Morgan fingerprint density at radius 3 is 2.18 bits per heavy atom. The molecule has 8 nitrogen and oxygen atoms in total. The molecule has 0 heterocycles.